The molecular weight excluding hydrogens is 464 g/mol. The zero-order valence-corrected chi connectivity index (χ0v) is 21.7. The lowest BCUT2D eigenvalue weighted by atomic mass is 10.0. The van der Waals surface area contributed by atoms with Crippen molar-refractivity contribution in [3.05, 3.63) is 77.9 Å². The Balaban J connectivity index is 1.62. The fourth-order valence-corrected chi connectivity index (χ4v) is 4.49. The van der Waals surface area contributed by atoms with Gasteiger partial charge in [-0.2, -0.15) is 0 Å². The molecule has 1 atom stereocenters. The maximum atomic E-state index is 12.9. The lowest BCUT2D eigenvalue weighted by molar-refractivity contribution is -0.126. The number of hydrogen-bond donors (Lipinski definition) is 2. The van der Waals surface area contributed by atoms with E-state index < -0.39 is 0 Å². The van der Waals surface area contributed by atoms with E-state index in [1.54, 1.807) is 6.08 Å². The van der Waals surface area contributed by atoms with Gasteiger partial charge in [0.05, 0.1) is 0 Å². The van der Waals surface area contributed by atoms with Gasteiger partial charge >= 0.3 is 0 Å². The molecule has 2 aromatic carbocycles. The molecule has 0 saturated carbocycles. The molecule has 198 valence electrons. The molecule has 0 aliphatic carbocycles. The van der Waals surface area contributed by atoms with Crippen LogP contribution in [0.1, 0.15) is 55.7 Å². The standard InChI is InChI=1S/C30H40N4O3/c35-25-33-20-8-3-9-22-34(30(37)17-16-26-12-4-1-5-13-26)23-11-19-32-29(36)24-28(31-18-10-21-33)27-14-6-2-7-15-27/h1-2,4-7,12-17,25,28,31H,3,8-11,18-24H2,(H,32,36)/b17-16-/t28-/m0/s1. The Morgan fingerprint density at radius 3 is 2.22 bits per heavy atom. The lowest BCUT2D eigenvalue weighted by Gasteiger charge is -2.23. The molecule has 0 aromatic heterocycles. The maximum absolute atomic E-state index is 12.9. The first-order valence-corrected chi connectivity index (χ1v) is 13.4. The van der Waals surface area contributed by atoms with E-state index in [0.29, 0.717) is 39.0 Å². The van der Waals surface area contributed by atoms with Crippen molar-refractivity contribution in [2.75, 3.05) is 39.3 Å². The van der Waals surface area contributed by atoms with Crippen molar-refractivity contribution in [2.45, 2.75) is 44.6 Å². The summed E-state index contributed by atoms with van der Waals surface area (Å²) in [6, 6.07) is 19.7. The molecule has 0 bridgehead atoms. The van der Waals surface area contributed by atoms with Crippen LogP contribution in [0.4, 0.5) is 0 Å². The number of carbonyl (C=O) groups excluding carboxylic acids is 3. The van der Waals surface area contributed by atoms with Gasteiger partial charge in [-0.1, -0.05) is 60.7 Å². The monoisotopic (exact) mass is 504 g/mol. The van der Waals surface area contributed by atoms with E-state index in [-0.39, 0.29) is 17.9 Å². The first-order valence-electron chi connectivity index (χ1n) is 13.4. The number of rotatable bonds is 4. The summed E-state index contributed by atoms with van der Waals surface area (Å²) in [6.45, 7) is 3.90. The molecule has 0 spiro atoms. The van der Waals surface area contributed by atoms with E-state index in [9.17, 15) is 14.4 Å². The first-order chi connectivity index (χ1) is 18.2. The average molecular weight is 505 g/mol. The molecule has 2 N–H and O–H groups in total. The van der Waals surface area contributed by atoms with Crippen LogP contribution < -0.4 is 10.6 Å². The number of benzene rings is 2. The second-order valence-electron chi connectivity index (χ2n) is 9.45. The predicted molar refractivity (Wildman–Crippen MR) is 148 cm³/mol. The highest BCUT2D eigenvalue weighted by Crippen LogP contribution is 2.16. The SMILES string of the molecule is O=CN1CCCCCN(C(=O)/C=C\c2ccccc2)CCCNC(=O)C[C@@H](c2ccccc2)NCCC1. The Bertz CT molecular complexity index is 981. The van der Waals surface area contributed by atoms with Gasteiger partial charge in [-0.3, -0.25) is 14.4 Å². The average Bonchev–Trinajstić information content (AvgIpc) is 2.93. The van der Waals surface area contributed by atoms with Crippen molar-refractivity contribution in [3.8, 4) is 0 Å². The highest BCUT2D eigenvalue weighted by molar-refractivity contribution is 5.91. The summed E-state index contributed by atoms with van der Waals surface area (Å²) in [5, 5.41) is 6.53. The molecule has 2 aromatic rings. The van der Waals surface area contributed by atoms with Crippen LogP contribution in [0.25, 0.3) is 6.08 Å². The zero-order chi connectivity index (χ0) is 26.1. The number of hydrogen-bond acceptors (Lipinski definition) is 4. The van der Waals surface area contributed by atoms with E-state index in [4.69, 9.17) is 0 Å². The summed E-state index contributed by atoms with van der Waals surface area (Å²) in [4.78, 5) is 40.9. The van der Waals surface area contributed by atoms with Gasteiger partial charge < -0.3 is 20.4 Å². The summed E-state index contributed by atoms with van der Waals surface area (Å²) in [5.41, 5.74) is 2.06. The summed E-state index contributed by atoms with van der Waals surface area (Å²) in [6.07, 6.45) is 8.98. The van der Waals surface area contributed by atoms with E-state index in [0.717, 1.165) is 56.3 Å². The van der Waals surface area contributed by atoms with E-state index in [1.165, 1.54) is 0 Å². The fraction of sp³-hybridized carbons (Fsp3) is 0.433. The molecule has 7 heteroatoms. The van der Waals surface area contributed by atoms with E-state index in [1.807, 2.05) is 76.5 Å². The molecular formula is C30H40N4O3. The molecule has 3 rings (SSSR count). The van der Waals surface area contributed by atoms with Crippen molar-refractivity contribution in [1.82, 2.24) is 20.4 Å². The number of nitrogens with one attached hydrogen (secondary N) is 2. The molecule has 3 amide bonds. The van der Waals surface area contributed by atoms with Crippen LogP contribution in [0.5, 0.6) is 0 Å². The minimum atomic E-state index is -0.0917. The highest BCUT2D eigenvalue weighted by atomic mass is 16.2. The van der Waals surface area contributed by atoms with Crippen LogP contribution in [0.3, 0.4) is 0 Å². The van der Waals surface area contributed by atoms with Crippen molar-refractivity contribution >= 4 is 24.3 Å². The smallest absolute Gasteiger partial charge is 0.246 e. The second-order valence-corrected chi connectivity index (χ2v) is 9.45. The van der Waals surface area contributed by atoms with Gasteiger partial charge in [0.25, 0.3) is 0 Å². The number of nitrogens with zero attached hydrogens (tertiary/aromatic N) is 2. The lowest BCUT2D eigenvalue weighted by Crippen LogP contribution is -2.36. The highest BCUT2D eigenvalue weighted by Gasteiger charge is 2.16. The van der Waals surface area contributed by atoms with E-state index >= 15 is 0 Å². The van der Waals surface area contributed by atoms with Crippen molar-refractivity contribution in [2.24, 2.45) is 0 Å². The minimum Gasteiger partial charge on any atom is -0.356 e. The van der Waals surface area contributed by atoms with Gasteiger partial charge in [-0.15, -0.1) is 0 Å². The Hall–Kier alpha value is -3.45. The summed E-state index contributed by atoms with van der Waals surface area (Å²) in [7, 11) is 0. The molecule has 1 aliphatic rings. The van der Waals surface area contributed by atoms with Gasteiger partial charge in [0.1, 0.15) is 0 Å². The number of carbonyl (C=O) groups is 3. The minimum absolute atomic E-state index is 0.0150. The van der Waals surface area contributed by atoms with Crippen molar-refractivity contribution in [1.29, 1.82) is 0 Å². The van der Waals surface area contributed by atoms with Gasteiger partial charge in [0, 0.05) is 51.3 Å². The zero-order valence-electron chi connectivity index (χ0n) is 21.7. The Morgan fingerprint density at radius 1 is 0.811 bits per heavy atom. The predicted octanol–water partition coefficient (Wildman–Crippen LogP) is 3.79. The Labute approximate surface area is 220 Å². The largest absolute Gasteiger partial charge is 0.356 e. The normalized spacial score (nSPS) is 19.6. The van der Waals surface area contributed by atoms with Gasteiger partial charge in [-0.05, 0) is 55.9 Å². The molecule has 0 unspecified atom stereocenters. The van der Waals surface area contributed by atoms with Crippen LogP contribution in [0.15, 0.2) is 66.7 Å². The quantitative estimate of drug-likeness (QED) is 0.490. The third-order valence-electron chi connectivity index (χ3n) is 6.58. The van der Waals surface area contributed by atoms with Crippen LogP contribution >= 0.6 is 0 Å². The maximum Gasteiger partial charge on any atom is 0.246 e. The topological polar surface area (TPSA) is 81.8 Å². The van der Waals surface area contributed by atoms with Crippen LogP contribution in [0.2, 0.25) is 0 Å². The van der Waals surface area contributed by atoms with Crippen LogP contribution in [-0.2, 0) is 14.4 Å². The molecule has 1 aliphatic heterocycles. The summed E-state index contributed by atoms with van der Waals surface area (Å²) >= 11 is 0. The third kappa shape index (κ3) is 10.6. The molecule has 1 heterocycles. The van der Waals surface area contributed by atoms with E-state index in [2.05, 4.69) is 10.6 Å². The van der Waals surface area contributed by atoms with Crippen LogP contribution in [-0.4, -0.2) is 67.3 Å². The van der Waals surface area contributed by atoms with Crippen molar-refractivity contribution in [3.63, 3.8) is 0 Å². The molecule has 37 heavy (non-hydrogen) atoms. The van der Waals surface area contributed by atoms with Crippen LogP contribution in [0, 0.1) is 0 Å². The molecule has 7 nitrogen and oxygen atoms in total. The fourth-order valence-electron chi connectivity index (χ4n) is 4.49. The van der Waals surface area contributed by atoms with Gasteiger partial charge in [-0.25, -0.2) is 0 Å². The van der Waals surface area contributed by atoms with Gasteiger partial charge in [0.2, 0.25) is 18.2 Å². The van der Waals surface area contributed by atoms with Crippen molar-refractivity contribution < 1.29 is 14.4 Å². The number of amides is 3. The third-order valence-corrected chi connectivity index (χ3v) is 6.58. The molecule has 1 saturated heterocycles. The Morgan fingerprint density at radius 2 is 1.46 bits per heavy atom. The first kappa shape index (κ1) is 28.1. The summed E-state index contributed by atoms with van der Waals surface area (Å²) < 4.78 is 0. The van der Waals surface area contributed by atoms with Gasteiger partial charge in [0.15, 0.2) is 0 Å². The second kappa shape index (κ2) is 16.3. The molecule has 1 fully saturated rings. The molecule has 0 radical (unpaired) electrons. The summed E-state index contributed by atoms with van der Waals surface area (Å²) in [5.74, 6) is -0.0359. The Kier molecular flexibility index (Phi) is 12.4.